The highest BCUT2D eigenvalue weighted by molar-refractivity contribution is 5.45. The van der Waals surface area contributed by atoms with Crippen molar-refractivity contribution in [3.63, 3.8) is 0 Å². The van der Waals surface area contributed by atoms with E-state index in [-0.39, 0.29) is 5.69 Å². The molecule has 1 heterocycles. The molecule has 1 saturated heterocycles. The van der Waals surface area contributed by atoms with Crippen LogP contribution in [-0.2, 0) is 0 Å². The second kappa shape index (κ2) is 5.14. The molecule has 0 aliphatic carbocycles. The van der Waals surface area contributed by atoms with Crippen molar-refractivity contribution in [2.45, 2.75) is 32.2 Å². The van der Waals surface area contributed by atoms with Gasteiger partial charge in [0.2, 0.25) is 5.75 Å². The molecule has 2 rings (SSSR count). The van der Waals surface area contributed by atoms with Gasteiger partial charge < -0.3 is 4.84 Å². The highest BCUT2D eigenvalue weighted by Crippen LogP contribution is 2.28. The lowest BCUT2D eigenvalue weighted by Crippen LogP contribution is -2.40. The van der Waals surface area contributed by atoms with Crippen LogP contribution in [0.4, 0.5) is 5.69 Å². The van der Waals surface area contributed by atoms with Gasteiger partial charge in [0.1, 0.15) is 0 Å². The molecular weight excluding hydrogens is 220 g/mol. The fourth-order valence-electron chi connectivity index (χ4n) is 2.02. The van der Waals surface area contributed by atoms with E-state index in [2.05, 4.69) is 6.92 Å². The topological polar surface area (TPSA) is 55.6 Å². The molecule has 0 radical (unpaired) electrons. The van der Waals surface area contributed by atoms with E-state index in [1.165, 1.54) is 12.5 Å². The summed E-state index contributed by atoms with van der Waals surface area (Å²) in [4.78, 5) is 16.1. The molecule has 1 aliphatic heterocycles. The minimum absolute atomic E-state index is 0.0188. The third-order valence-electron chi connectivity index (χ3n) is 3.02. The van der Waals surface area contributed by atoms with Crippen molar-refractivity contribution in [3.05, 3.63) is 34.4 Å². The number of nitro groups is 1. The van der Waals surface area contributed by atoms with Gasteiger partial charge in [0.25, 0.3) is 0 Å². The van der Waals surface area contributed by atoms with Crippen molar-refractivity contribution < 1.29 is 9.76 Å². The van der Waals surface area contributed by atoms with Gasteiger partial charge in [0, 0.05) is 18.7 Å². The van der Waals surface area contributed by atoms with Crippen molar-refractivity contribution in [1.29, 1.82) is 0 Å². The normalized spacial score (nSPS) is 21.1. The number of hydrogen-bond acceptors (Lipinski definition) is 4. The predicted molar refractivity (Wildman–Crippen MR) is 63.7 cm³/mol. The summed E-state index contributed by atoms with van der Waals surface area (Å²) >= 11 is 0. The lowest BCUT2D eigenvalue weighted by atomic mass is 10.1. The summed E-state index contributed by atoms with van der Waals surface area (Å²) in [5.74, 6) is 0.325. The van der Waals surface area contributed by atoms with Gasteiger partial charge in [-0.05, 0) is 25.8 Å². The third-order valence-corrected chi connectivity index (χ3v) is 3.02. The molecule has 17 heavy (non-hydrogen) atoms. The molecule has 0 bridgehead atoms. The van der Waals surface area contributed by atoms with Gasteiger partial charge in [-0.25, -0.2) is 0 Å². The number of hydrogen-bond donors (Lipinski definition) is 0. The van der Waals surface area contributed by atoms with E-state index >= 15 is 0 Å². The second-order valence-electron chi connectivity index (χ2n) is 4.30. The number of nitro benzene ring substituents is 1. The average Bonchev–Trinajstić information content (AvgIpc) is 2.32. The van der Waals surface area contributed by atoms with Gasteiger partial charge in [-0.15, -0.1) is 5.06 Å². The zero-order chi connectivity index (χ0) is 12.3. The highest BCUT2D eigenvalue weighted by Gasteiger charge is 2.23. The van der Waals surface area contributed by atoms with Crippen LogP contribution in [0.15, 0.2) is 24.3 Å². The van der Waals surface area contributed by atoms with Crippen LogP contribution in [0.25, 0.3) is 0 Å². The molecule has 1 fully saturated rings. The molecule has 5 heteroatoms. The highest BCUT2D eigenvalue weighted by atomic mass is 16.7. The Bertz CT molecular complexity index is 408. The first-order valence-corrected chi connectivity index (χ1v) is 5.86. The Kier molecular flexibility index (Phi) is 3.58. The van der Waals surface area contributed by atoms with E-state index < -0.39 is 4.92 Å². The first kappa shape index (κ1) is 11.9. The molecule has 5 nitrogen and oxygen atoms in total. The number of hydroxylamine groups is 2. The predicted octanol–water partition coefficient (Wildman–Crippen LogP) is 2.76. The lowest BCUT2D eigenvalue weighted by molar-refractivity contribution is -0.387. The summed E-state index contributed by atoms with van der Waals surface area (Å²) in [6.45, 7) is 2.90. The van der Waals surface area contributed by atoms with E-state index in [9.17, 15) is 10.1 Å². The van der Waals surface area contributed by atoms with E-state index in [1.807, 2.05) is 5.06 Å². The third kappa shape index (κ3) is 2.74. The van der Waals surface area contributed by atoms with Crippen LogP contribution in [0.5, 0.6) is 5.75 Å². The summed E-state index contributed by atoms with van der Waals surface area (Å²) < 4.78 is 0. The van der Waals surface area contributed by atoms with Gasteiger partial charge in [-0.1, -0.05) is 18.6 Å². The van der Waals surface area contributed by atoms with Crippen LogP contribution >= 0.6 is 0 Å². The Labute approximate surface area is 100 Å². The van der Waals surface area contributed by atoms with E-state index in [0.29, 0.717) is 11.8 Å². The molecule has 1 unspecified atom stereocenters. The largest absolute Gasteiger partial charge is 0.398 e. The van der Waals surface area contributed by atoms with Crippen LogP contribution in [0, 0.1) is 10.1 Å². The van der Waals surface area contributed by atoms with Crippen molar-refractivity contribution in [3.8, 4) is 5.75 Å². The van der Waals surface area contributed by atoms with Crippen LogP contribution in [0.2, 0.25) is 0 Å². The first-order valence-electron chi connectivity index (χ1n) is 5.86. The standard InChI is InChI=1S/C12H16N2O3/c1-10-6-4-5-9-13(10)17-12-8-3-2-7-11(12)14(15)16/h2-3,7-8,10H,4-6,9H2,1H3. The van der Waals surface area contributed by atoms with Gasteiger partial charge in [-0.3, -0.25) is 10.1 Å². The molecule has 0 N–H and O–H groups in total. The zero-order valence-corrected chi connectivity index (χ0v) is 9.83. The van der Waals surface area contributed by atoms with Crippen LogP contribution < -0.4 is 4.84 Å². The number of rotatable bonds is 3. The summed E-state index contributed by atoms with van der Waals surface area (Å²) in [6.07, 6.45) is 3.34. The Balaban J connectivity index is 2.14. The monoisotopic (exact) mass is 236 g/mol. The zero-order valence-electron chi connectivity index (χ0n) is 9.83. The van der Waals surface area contributed by atoms with Crippen LogP contribution in [0.3, 0.4) is 0 Å². The molecule has 0 amide bonds. The second-order valence-corrected chi connectivity index (χ2v) is 4.30. The molecule has 1 aliphatic rings. The number of nitrogens with zero attached hydrogens (tertiary/aromatic N) is 2. The maximum atomic E-state index is 10.9. The average molecular weight is 236 g/mol. The van der Waals surface area contributed by atoms with Gasteiger partial charge in [0.15, 0.2) is 0 Å². The Hall–Kier alpha value is -1.62. The first-order chi connectivity index (χ1) is 8.18. The van der Waals surface area contributed by atoms with E-state index in [0.717, 1.165) is 19.4 Å². The van der Waals surface area contributed by atoms with Crippen molar-refractivity contribution in [1.82, 2.24) is 5.06 Å². The SMILES string of the molecule is CC1CCCCN1Oc1ccccc1[N+](=O)[O-]. The summed E-state index contributed by atoms with van der Waals surface area (Å²) in [5.41, 5.74) is 0.0188. The summed E-state index contributed by atoms with van der Waals surface area (Å²) in [7, 11) is 0. The minimum Gasteiger partial charge on any atom is -0.398 e. The molecule has 92 valence electrons. The number of benzene rings is 1. The Morgan fingerprint density at radius 2 is 2.18 bits per heavy atom. The van der Waals surface area contributed by atoms with E-state index in [4.69, 9.17) is 4.84 Å². The van der Waals surface area contributed by atoms with Crippen molar-refractivity contribution in [2.75, 3.05) is 6.54 Å². The molecule has 0 aromatic heterocycles. The van der Waals surface area contributed by atoms with Gasteiger partial charge in [0.05, 0.1) is 4.92 Å². The van der Waals surface area contributed by atoms with Crippen molar-refractivity contribution >= 4 is 5.69 Å². The smallest absolute Gasteiger partial charge is 0.313 e. The Morgan fingerprint density at radius 1 is 1.41 bits per heavy atom. The van der Waals surface area contributed by atoms with Gasteiger partial charge >= 0.3 is 5.69 Å². The molecule has 0 spiro atoms. The van der Waals surface area contributed by atoms with E-state index in [1.54, 1.807) is 18.2 Å². The minimum atomic E-state index is -0.413. The number of para-hydroxylation sites is 2. The molecular formula is C12H16N2O3. The Morgan fingerprint density at radius 3 is 2.88 bits per heavy atom. The molecule has 1 atom stereocenters. The summed E-state index contributed by atoms with van der Waals surface area (Å²) in [6, 6.07) is 6.80. The number of piperidine rings is 1. The molecule has 1 aromatic rings. The van der Waals surface area contributed by atoms with Crippen LogP contribution in [-0.4, -0.2) is 22.6 Å². The quantitative estimate of drug-likeness (QED) is 0.598. The van der Waals surface area contributed by atoms with Gasteiger partial charge in [-0.2, -0.15) is 0 Å². The maximum Gasteiger partial charge on any atom is 0.313 e. The maximum absolute atomic E-state index is 10.9. The fourth-order valence-corrected chi connectivity index (χ4v) is 2.02. The van der Waals surface area contributed by atoms with Crippen molar-refractivity contribution in [2.24, 2.45) is 0 Å². The fraction of sp³-hybridized carbons (Fsp3) is 0.500. The summed E-state index contributed by atoms with van der Waals surface area (Å²) in [5, 5.41) is 12.7. The molecule has 1 aromatic carbocycles. The van der Waals surface area contributed by atoms with Crippen LogP contribution in [0.1, 0.15) is 26.2 Å². The lowest BCUT2D eigenvalue weighted by Gasteiger charge is -2.31. The molecule has 0 saturated carbocycles.